The molecule has 1 aliphatic heterocycles. The van der Waals surface area contributed by atoms with Crippen LogP contribution in [0.15, 0.2) is 29.3 Å². The standard InChI is InChI=1S/C19H30N4O.HI/c1-3-7-15-14-16(15)21-19(20-4-2)23-12-10-22(11-13-23)17-8-5-6-9-18(17)24;/h5-6,8-9,15-16,24H,3-4,7,10-14H2,1-2H3,(H,20,21);1H. The van der Waals surface area contributed by atoms with E-state index in [9.17, 15) is 5.11 Å². The fraction of sp³-hybridized carbons (Fsp3) is 0.632. The number of aliphatic imine (C=N–C) groups is 1. The third-order valence-electron chi connectivity index (χ3n) is 5.01. The van der Waals surface area contributed by atoms with Crippen LogP contribution in [0.25, 0.3) is 0 Å². The number of anilines is 1. The van der Waals surface area contributed by atoms with Gasteiger partial charge in [-0.3, -0.25) is 4.99 Å². The van der Waals surface area contributed by atoms with Crippen LogP contribution in [-0.2, 0) is 0 Å². The molecule has 2 fully saturated rings. The maximum absolute atomic E-state index is 10.0. The Balaban J connectivity index is 0.00000225. The number of nitrogens with zero attached hydrogens (tertiary/aromatic N) is 3. The molecule has 1 aliphatic carbocycles. The summed E-state index contributed by atoms with van der Waals surface area (Å²) >= 11 is 0. The molecule has 140 valence electrons. The Bertz CT molecular complexity index is 572. The second kappa shape index (κ2) is 9.50. The molecule has 25 heavy (non-hydrogen) atoms. The molecule has 5 nitrogen and oxygen atoms in total. The quantitative estimate of drug-likeness (QED) is 0.404. The van der Waals surface area contributed by atoms with E-state index >= 15 is 0 Å². The van der Waals surface area contributed by atoms with Gasteiger partial charge in [-0.25, -0.2) is 0 Å². The lowest BCUT2D eigenvalue weighted by molar-refractivity contribution is 0.368. The molecule has 0 bridgehead atoms. The van der Waals surface area contributed by atoms with Crippen molar-refractivity contribution in [3.63, 3.8) is 0 Å². The van der Waals surface area contributed by atoms with E-state index in [0.717, 1.165) is 50.3 Å². The van der Waals surface area contributed by atoms with Gasteiger partial charge in [-0.2, -0.15) is 0 Å². The Morgan fingerprint density at radius 3 is 2.56 bits per heavy atom. The zero-order valence-electron chi connectivity index (χ0n) is 15.3. The number of phenolic OH excluding ortho intramolecular Hbond substituents is 1. The molecule has 1 heterocycles. The maximum Gasteiger partial charge on any atom is 0.194 e. The minimum absolute atomic E-state index is 0. The first kappa shape index (κ1) is 20.1. The summed E-state index contributed by atoms with van der Waals surface area (Å²) in [5.74, 6) is 2.27. The first-order valence-corrected chi connectivity index (χ1v) is 9.31. The number of phenols is 1. The number of halogens is 1. The first-order chi connectivity index (χ1) is 11.7. The molecule has 2 atom stereocenters. The largest absolute Gasteiger partial charge is 0.506 e. The molecule has 2 N–H and O–H groups in total. The molecule has 1 aromatic carbocycles. The topological polar surface area (TPSA) is 51.1 Å². The Labute approximate surface area is 168 Å². The van der Waals surface area contributed by atoms with Crippen molar-refractivity contribution in [3.8, 4) is 5.75 Å². The van der Waals surface area contributed by atoms with Crippen molar-refractivity contribution in [3.05, 3.63) is 24.3 Å². The third kappa shape index (κ3) is 5.15. The molecule has 3 rings (SSSR count). The number of nitrogens with one attached hydrogen (secondary N) is 1. The highest BCUT2D eigenvalue weighted by molar-refractivity contribution is 14.0. The number of aromatic hydroxyl groups is 1. The van der Waals surface area contributed by atoms with Gasteiger partial charge in [0.1, 0.15) is 5.75 Å². The van der Waals surface area contributed by atoms with Gasteiger partial charge in [0, 0.05) is 38.8 Å². The Kier molecular flexibility index (Phi) is 7.65. The van der Waals surface area contributed by atoms with Gasteiger partial charge in [-0.15, -0.1) is 24.0 Å². The van der Waals surface area contributed by atoms with Gasteiger partial charge < -0.3 is 20.2 Å². The van der Waals surface area contributed by atoms with E-state index in [1.165, 1.54) is 19.3 Å². The van der Waals surface area contributed by atoms with Crippen LogP contribution in [0.3, 0.4) is 0 Å². The van der Waals surface area contributed by atoms with Crippen LogP contribution >= 0.6 is 24.0 Å². The van der Waals surface area contributed by atoms with Crippen molar-refractivity contribution in [1.82, 2.24) is 10.2 Å². The minimum Gasteiger partial charge on any atom is -0.506 e. The maximum atomic E-state index is 10.0. The fourth-order valence-electron chi connectivity index (χ4n) is 3.56. The summed E-state index contributed by atoms with van der Waals surface area (Å²) in [5.41, 5.74) is 0.935. The monoisotopic (exact) mass is 458 g/mol. The number of guanidine groups is 1. The van der Waals surface area contributed by atoms with Gasteiger partial charge in [0.05, 0.1) is 5.69 Å². The van der Waals surface area contributed by atoms with Gasteiger partial charge >= 0.3 is 0 Å². The lowest BCUT2D eigenvalue weighted by atomic mass is 10.2. The zero-order chi connectivity index (χ0) is 16.9. The number of rotatable bonds is 5. The van der Waals surface area contributed by atoms with E-state index < -0.39 is 0 Å². The van der Waals surface area contributed by atoms with Crippen LogP contribution in [-0.4, -0.2) is 54.7 Å². The van der Waals surface area contributed by atoms with Crippen LogP contribution in [0.1, 0.15) is 33.1 Å². The SMILES string of the molecule is CCCC1CC1NC(=NCC)N1CCN(c2ccccc2O)CC1.I. The molecule has 0 radical (unpaired) electrons. The van der Waals surface area contributed by atoms with Gasteiger partial charge in [-0.1, -0.05) is 25.5 Å². The Morgan fingerprint density at radius 1 is 1.20 bits per heavy atom. The normalized spacial score (nSPS) is 23.2. The summed E-state index contributed by atoms with van der Waals surface area (Å²) in [7, 11) is 0. The minimum atomic E-state index is 0. The second-order valence-corrected chi connectivity index (χ2v) is 6.80. The first-order valence-electron chi connectivity index (χ1n) is 9.31. The molecule has 1 saturated carbocycles. The smallest absolute Gasteiger partial charge is 0.194 e. The zero-order valence-corrected chi connectivity index (χ0v) is 17.6. The number of hydrogen-bond donors (Lipinski definition) is 2. The molecule has 0 amide bonds. The van der Waals surface area contributed by atoms with E-state index in [1.807, 2.05) is 18.2 Å². The van der Waals surface area contributed by atoms with E-state index in [0.29, 0.717) is 11.8 Å². The molecule has 2 aliphatic rings. The summed E-state index contributed by atoms with van der Waals surface area (Å²) in [6, 6.07) is 8.21. The van der Waals surface area contributed by atoms with E-state index in [1.54, 1.807) is 6.07 Å². The molecular formula is C19H31IN4O. The van der Waals surface area contributed by atoms with Crippen LogP contribution in [0.2, 0.25) is 0 Å². The van der Waals surface area contributed by atoms with Crippen molar-refractivity contribution < 1.29 is 5.11 Å². The predicted octanol–water partition coefficient (Wildman–Crippen LogP) is 3.29. The number of piperazine rings is 1. The highest BCUT2D eigenvalue weighted by Gasteiger charge is 2.37. The lowest BCUT2D eigenvalue weighted by Crippen LogP contribution is -2.53. The van der Waals surface area contributed by atoms with Gasteiger partial charge in [0.2, 0.25) is 0 Å². The highest BCUT2D eigenvalue weighted by Crippen LogP contribution is 2.34. The summed E-state index contributed by atoms with van der Waals surface area (Å²) in [6.07, 6.45) is 3.87. The van der Waals surface area contributed by atoms with Gasteiger partial charge in [0.25, 0.3) is 0 Å². The molecule has 6 heteroatoms. The second-order valence-electron chi connectivity index (χ2n) is 6.80. The molecule has 1 saturated heterocycles. The number of benzene rings is 1. The Morgan fingerprint density at radius 2 is 1.92 bits per heavy atom. The fourth-order valence-corrected chi connectivity index (χ4v) is 3.56. The number of para-hydroxylation sites is 2. The van der Waals surface area contributed by atoms with Crippen molar-refractivity contribution in [1.29, 1.82) is 0 Å². The molecule has 0 aromatic heterocycles. The van der Waals surface area contributed by atoms with Crippen molar-refractivity contribution in [2.75, 3.05) is 37.6 Å². The van der Waals surface area contributed by atoms with Crippen LogP contribution < -0.4 is 10.2 Å². The molecule has 2 unspecified atom stereocenters. The van der Waals surface area contributed by atoms with Crippen molar-refractivity contribution in [2.24, 2.45) is 10.9 Å². The average Bonchev–Trinajstić information content (AvgIpc) is 3.33. The van der Waals surface area contributed by atoms with Crippen LogP contribution in [0, 0.1) is 5.92 Å². The summed E-state index contributed by atoms with van der Waals surface area (Å²) in [6.45, 7) is 8.85. The lowest BCUT2D eigenvalue weighted by Gasteiger charge is -2.38. The van der Waals surface area contributed by atoms with Gasteiger partial charge in [-0.05, 0) is 37.8 Å². The summed E-state index contributed by atoms with van der Waals surface area (Å²) < 4.78 is 0. The van der Waals surface area contributed by atoms with Crippen molar-refractivity contribution >= 4 is 35.6 Å². The Hall–Kier alpha value is -1.18. The molecule has 1 aromatic rings. The third-order valence-corrected chi connectivity index (χ3v) is 5.01. The average molecular weight is 458 g/mol. The predicted molar refractivity (Wildman–Crippen MR) is 115 cm³/mol. The molecule has 0 spiro atoms. The molecular weight excluding hydrogens is 427 g/mol. The van der Waals surface area contributed by atoms with Gasteiger partial charge in [0.15, 0.2) is 5.96 Å². The number of hydrogen-bond acceptors (Lipinski definition) is 3. The van der Waals surface area contributed by atoms with E-state index in [2.05, 4.69) is 29.0 Å². The van der Waals surface area contributed by atoms with E-state index in [4.69, 9.17) is 4.99 Å². The summed E-state index contributed by atoms with van der Waals surface area (Å²) in [5, 5.41) is 13.7. The van der Waals surface area contributed by atoms with Crippen molar-refractivity contribution in [2.45, 2.75) is 39.2 Å². The van der Waals surface area contributed by atoms with E-state index in [-0.39, 0.29) is 24.0 Å². The van der Waals surface area contributed by atoms with Crippen LogP contribution in [0.5, 0.6) is 5.75 Å². The highest BCUT2D eigenvalue weighted by atomic mass is 127. The van der Waals surface area contributed by atoms with Crippen LogP contribution in [0.4, 0.5) is 5.69 Å². The summed E-state index contributed by atoms with van der Waals surface area (Å²) in [4.78, 5) is 9.32.